The molecule has 1 unspecified atom stereocenters. The zero-order valence-corrected chi connectivity index (χ0v) is 15.5. The summed E-state index contributed by atoms with van der Waals surface area (Å²) in [5, 5.41) is 8.61. The molecule has 1 saturated heterocycles. The van der Waals surface area contributed by atoms with Crippen molar-refractivity contribution in [1.29, 1.82) is 0 Å². The van der Waals surface area contributed by atoms with Gasteiger partial charge in [-0.05, 0) is 49.6 Å². The molecular weight excluding hydrogens is 352 g/mol. The SMILES string of the molecule is O=C(c1ccc(-n2cc(C3NNc4ccccc43)nn2)cc1)N1CCCCC1. The molecule has 3 heterocycles. The molecule has 142 valence electrons. The third-order valence-corrected chi connectivity index (χ3v) is 5.45. The van der Waals surface area contributed by atoms with Crippen LogP contribution in [-0.2, 0) is 0 Å². The van der Waals surface area contributed by atoms with Crippen LogP contribution in [0.5, 0.6) is 0 Å². The van der Waals surface area contributed by atoms with E-state index in [-0.39, 0.29) is 11.9 Å². The fraction of sp³-hybridized carbons (Fsp3) is 0.286. The molecule has 0 radical (unpaired) electrons. The second kappa shape index (κ2) is 7.09. The van der Waals surface area contributed by atoms with Gasteiger partial charge < -0.3 is 10.3 Å². The average molecular weight is 374 g/mol. The summed E-state index contributed by atoms with van der Waals surface area (Å²) in [4.78, 5) is 14.6. The zero-order valence-electron chi connectivity index (χ0n) is 15.5. The Bertz CT molecular complexity index is 990. The van der Waals surface area contributed by atoms with Crippen molar-refractivity contribution in [3.63, 3.8) is 0 Å². The van der Waals surface area contributed by atoms with E-state index in [1.807, 2.05) is 53.6 Å². The number of benzene rings is 2. The summed E-state index contributed by atoms with van der Waals surface area (Å²) in [6.07, 6.45) is 5.33. The molecule has 7 heteroatoms. The fourth-order valence-electron chi connectivity index (χ4n) is 3.90. The lowest BCUT2D eigenvalue weighted by Gasteiger charge is -2.26. The number of piperidine rings is 1. The predicted molar refractivity (Wildman–Crippen MR) is 106 cm³/mol. The maximum absolute atomic E-state index is 12.6. The van der Waals surface area contributed by atoms with Crippen molar-refractivity contribution in [1.82, 2.24) is 25.3 Å². The number of carbonyl (C=O) groups is 1. The van der Waals surface area contributed by atoms with E-state index in [9.17, 15) is 4.79 Å². The number of rotatable bonds is 3. The van der Waals surface area contributed by atoms with Crippen molar-refractivity contribution in [3.8, 4) is 5.69 Å². The van der Waals surface area contributed by atoms with E-state index in [1.54, 1.807) is 4.68 Å². The standard InChI is InChI=1S/C21H22N6O/c28-21(26-12-4-1-5-13-26)15-8-10-16(11-9-15)27-14-19(23-25-27)20-17-6-2-3-7-18(17)22-24-20/h2-3,6-11,14,20,22,24H,1,4-5,12-13H2. The van der Waals surface area contributed by atoms with E-state index in [2.05, 4.69) is 27.2 Å². The average Bonchev–Trinajstić information content (AvgIpc) is 3.41. The molecule has 5 rings (SSSR count). The van der Waals surface area contributed by atoms with E-state index in [1.165, 1.54) is 6.42 Å². The Balaban J connectivity index is 1.34. The number of fused-ring (bicyclic) bond motifs is 1. The van der Waals surface area contributed by atoms with Crippen LogP contribution >= 0.6 is 0 Å². The molecule has 1 fully saturated rings. The summed E-state index contributed by atoms with van der Waals surface area (Å²) in [6, 6.07) is 15.7. The largest absolute Gasteiger partial charge is 0.339 e. The number of para-hydroxylation sites is 1. The Labute approximate surface area is 163 Å². The van der Waals surface area contributed by atoms with Gasteiger partial charge in [-0.2, -0.15) is 0 Å². The van der Waals surface area contributed by atoms with Gasteiger partial charge in [-0.1, -0.05) is 23.4 Å². The lowest BCUT2D eigenvalue weighted by molar-refractivity contribution is 0.0724. The molecule has 2 aromatic carbocycles. The molecule has 0 bridgehead atoms. The van der Waals surface area contributed by atoms with E-state index >= 15 is 0 Å². The highest BCUT2D eigenvalue weighted by Gasteiger charge is 2.25. The number of nitrogens with one attached hydrogen (secondary N) is 2. The molecule has 28 heavy (non-hydrogen) atoms. The van der Waals surface area contributed by atoms with Gasteiger partial charge >= 0.3 is 0 Å². The van der Waals surface area contributed by atoms with Crippen LogP contribution in [0, 0.1) is 0 Å². The van der Waals surface area contributed by atoms with Crippen LogP contribution in [0.1, 0.15) is 46.9 Å². The number of hydrogen-bond donors (Lipinski definition) is 2. The summed E-state index contributed by atoms with van der Waals surface area (Å²) in [5.41, 5.74) is 11.1. The van der Waals surface area contributed by atoms with E-state index in [4.69, 9.17) is 0 Å². The van der Waals surface area contributed by atoms with Crippen molar-refractivity contribution in [2.75, 3.05) is 18.5 Å². The Morgan fingerprint density at radius 1 is 1.00 bits per heavy atom. The van der Waals surface area contributed by atoms with Crippen LogP contribution < -0.4 is 10.9 Å². The van der Waals surface area contributed by atoms with Crippen LogP contribution in [0.25, 0.3) is 5.69 Å². The first-order valence-corrected chi connectivity index (χ1v) is 9.72. The van der Waals surface area contributed by atoms with E-state index in [0.717, 1.165) is 54.1 Å². The first kappa shape index (κ1) is 16.9. The van der Waals surface area contributed by atoms with Gasteiger partial charge in [0.15, 0.2) is 0 Å². The second-order valence-electron chi connectivity index (χ2n) is 7.28. The normalized spacial score (nSPS) is 18.6. The number of likely N-dealkylation sites (tertiary alicyclic amines) is 1. The van der Waals surface area contributed by atoms with Crippen LogP contribution in [0.2, 0.25) is 0 Å². The maximum Gasteiger partial charge on any atom is 0.253 e. The molecule has 1 amide bonds. The van der Waals surface area contributed by atoms with Crippen LogP contribution in [-0.4, -0.2) is 38.9 Å². The predicted octanol–water partition coefficient (Wildman–Crippen LogP) is 2.91. The molecule has 1 atom stereocenters. The molecule has 0 saturated carbocycles. The van der Waals surface area contributed by atoms with Crippen molar-refractivity contribution in [3.05, 3.63) is 71.5 Å². The summed E-state index contributed by atoms with van der Waals surface area (Å²) in [7, 11) is 0. The Hall–Kier alpha value is -3.19. The summed E-state index contributed by atoms with van der Waals surface area (Å²) in [6.45, 7) is 1.72. The van der Waals surface area contributed by atoms with Gasteiger partial charge in [0.05, 0.1) is 23.6 Å². The van der Waals surface area contributed by atoms with Gasteiger partial charge in [-0.25, -0.2) is 10.1 Å². The van der Waals surface area contributed by atoms with E-state index < -0.39 is 0 Å². The Morgan fingerprint density at radius 3 is 2.61 bits per heavy atom. The quantitative estimate of drug-likeness (QED) is 0.737. The lowest BCUT2D eigenvalue weighted by Crippen LogP contribution is -2.35. The minimum absolute atomic E-state index is 0.0371. The van der Waals surface area contributed by atoms with Gasteiger partial charge in [0.25, 0.3) is 5.91 Å². The first-order valence-electron chi connectivity index (χ1n) is 9.72. The molecule has 2 aliphatic heterocycles. The zero-order chi connectivity index (χ0) is 18.9. The van der Waals surface area contributed by atoms with Crippen molar-refractivity contribution < 1.29 is 4.79 Å². The molecule has 3 aromatic rings. The second-order valence-corrected chi connectivity index (χ2v) is 7.28. The number of anilines is 1. The highest BCUT2D eigenvalue weighted by molar-refractivity contribution is 5.94. The third kappa shape index (κ3) is 3.03. The van der Waals surface area contributed by atoms with Gasteiger partial charge in [0.1, 0.15) is 5.69 Å². The molecule has 0 aliphatic carbocycles. The molecule has 2 N–H and O–H groups in total. The summed E-state index contributed by atoms with van der Waals surface area (Å²) in [5.74, 6) is 0.114. The topological polar surface area (TPSA) is 75.1 Å². The highest BCUT2D eigenvalue weighted by atomic mass is 16.2. The molecule has 2 aliphatic rings. The lowest BCUT2D eigenvalue weighted by atomic mass is 10.1. The number of nitrogens with zero attached hydrogens (tertiary/aromatic N) is 4. The van der Waals surface area contributed by atoms with Crippen LogP contribution in [0.3, 0.4) is 0 Å². The minimum atomic E-state index is -0.0371. The van der Waals surface area contributed by atoms with Crippen molar-refractivity contribution in [2.45, 2.75) is 25.3 Å². The monoisotopic (exact) mass is 374 g/mol. The van der Waals surface area contributed by atoms with Crippen LogP contribution in [0.15, 0.2) is 54.7 Å². The van der Waals surface area contributed by atoms with Crippen molar-refractivity contribution in [2.24, 2.45) is 0 Å². The molecule has 0 spiro atoms. The molecule has 7 nitrogen and oxygen atoms in total. The van der Waals surface area contributed by atoms with Gasteiger partial charge in [-0.3, -0.25) is 4.79 Å². The number of carbonyl (C=O) groups excluding carboxylic acids is 1. The highest BCUT2D eigenvalue weighted by Crippen LogP contribution is 2.31. The maximum atomic E-state index is 12.6. The first-order chi connectivity index (χ1) is 13.8. The summed E-state index contributed by atoms with van der Waals surface area (Å²) < 4.78 is 1.74. The van der Waals surface area contributed by atoms with E-state index in [0.29, 0.717) is 0 Å². The molecule has 1 aromatic heterocycles. The number of hydrogen-bond acceptors (Lipinski definition) is 5. The number of hydrazine groups is 1. The third-order valence-electron chi connectivity index (χ3n) is 5.45. The Morgan fingerprint density at radius 2 is 1.79 bits per heavy atom. The summed E-state index contributed by atoms with van der Waals surface area (Å²) >= 11 is 0. The van der Waals surface area contributed by atoms with Crippen LogP contribution in [0.4, 0.5) is 5.69 Å². The van der Waals surface area contributed by atoms with Crippen molar-refractivity contribution >= 4 is 11.6 Å². The molecular formula is C21H22N6O. The fourth-order valence-corrected chi connectivity index (χ4v) is 3.90. The Kier molecular flexibility index (Phi) is 4.29. The minimum Gasteiger partial charge on any atom is -0.339 e. The number of amides is 1. The van der Waals surface area contributed by atoms with Gasteiger partial charge in [0, 0.05) is 24.2 Å². The van der Waals surface area contributed by atoms with Gasteiger partial charge in [0.2, 0.25) is 0 Å². The van der Waals surface area contributed by atoms with Gasteiger partial charge in [-0.15, -0.1) is 5.10 Å². The smallest absolute Gasteiger partial charge is 0.253 e. The number of aromatic nitrogens is 3.